The van der Waals surface area contributed by atoms with E-state index in [1.165, 1.54) is 51.4 Å². The minimum Gasteiger partial charge on any atom is -0.481 e. The van der Waals surface area contributed by atoms with E-state index < -0.39 is 11.4 Å². The van der Waals surface area contributed by atoms with Crippen LogP contribution < -0.4 is 0 Å². The summed E-state index contributed by atoms with van der Waals surface area (Å²) in [6.07, 6.45) is 16.2. The van der Waals surface area contributed by atoms with Crippen LogP contribution in [0.5, 0.6) is 0 Å². The van der Waals surface area contributed by atoms with Gasteiger partial charge in [0.1, 0.15) is 0 Å². The molecule has 2 atom stereocenters. The molecule has 4 heteroatoms. The molecule has 3 nitrogen and oxygen atoms in total. The molecule has 2 unspecified atom stereocenters. The van der Waals surface area contributed by atoms with Gasteiger partial charge in [-0.2, -0.15) is 11.8 Å². The minimum atomic E-state index is -0.543. The van der Waals surface area contributed by atoms with Crippen molar-refractivity contribution < 1.29 is 14.6 Å². The summed E-state index contributed by atoms with van der Waals surface area (Å²) in [7, 11) is 0. The summed E-state index contributed by atoms with van der Waals surface area (Å²) >= 11 is 1.93. The van der Waals surface area contributed by atoms with Gasteiger partial charge in [0.05, 0.1) is 18.1 Å². The standard InChI is InChI=1S/C22H42O3S/c1-3-5-7-9-10-12-15-22(21(23)24,14-11-8-6-4-2)16-13-17-26-19-20-18-25-20/h20H,3-19H2,1-2H3,(H,23,24). The lowest BCUT2D eigenvalue weighted by Crippen LogP contribution is -2.31. The van der Waals surface area contributed by atoms with Crippen LogP contribution in [0.25, 0.3) is 0 Å². The Labute approximate surface area is 166 Å². The van der Waals surface area contributed by atoms with Crippen molar-refractivity contribution in [1.29, 1.82) is 0 Å². The zero-order valence-electron chi connectivity index (χ0n) is 17.3. The Morgan fingerprint density at radius 1 is 0.923 bits per heavy atom. The first-order valence-corrected chi connectivity index (χ1v) is 12.2. The largest absolute Gasteiger partial charge is 0.481 e. The number of unbranched alkanes of at least 4 members (excludes halogenated alkanes) is 8. The van der Waals surface area contributed by atoms with Crippen molar-refractivity contribution in [2.24, 2.45) is 5.41 Å². The van der Waals surface area contributed by atoms with Gasteiger partial charge in [-0.1, -0.05) is 78.1 Å². The van der Waals surface area contributed by atoms with E-state index in [0.29, 0.717) is 6.10 Å². The van der Waals surface area contributed by atoms with Gasteiger partial charge >= 0.3 is 5.97 Å². The molecule has 1 N–H and O–H groups in total. The van der Waals surface area contributed by atoms with Crippen molar-refractivity contribution in [2.45, 2.75) is 110 Å². The number of epoxide rings is 1. The van der Waals surface area contributed by atoms with E-state index in [0.717, 1.165) is 56.6 Å². The van der Waals surface area contributed by atoms with E-state index in [-0.39, 0.29) is 0 Å². The van der Waals surface area contributed by atoms with Crippen LogP contribution in [0.3, 0.4) is 0 Å². The van der Waals surface area contributed by atoms with E-state index in [1.807, 2.05) is 11.8 Å². The third kappa shape index (κ3) is 10.8. The number of aliphatic carboxylic acids is 1. The van der Waals surface area contributed by atoms with Crippen LogP contribution in [-0.2, 0) is 9.53 Å². The Kier molecular flexibility index (Phi) is 13.5. The zero-order valence-corrected chi connectivity index (χ0v) is 18.1. The first-order valence-electron chi connectivity index (χ1n) is 11.1. The van der Waals surface area contributed by atoms with Gasteiger partial charge in [-0.25, -0.2) is 0 Å². The number of carbonyl (C=O) groups is 1. The fraction of sp³-hybridized carbons (Fsp3) is 0.955. The molecule has 0 amide bonds. The fourth-order valence-electron chi connectivity index (χ4n) is 3.72. The number of carboxylic acids is 1. The van der Waals surface area contributed by atoms with Gasteiger partial charge in [0.25, 0.3) is 0 Å². The van der Waals surface area contributed by atoms with Gasteiger partial charge in [0, 0.05) is 5.75 Å². The third-order valence-corrected chi connectivity index (χ3v) is 6.81. The Morgan fingerprint density at radius 3 is 1.96 bits per heavy atom. The quantitative estimate of drug-likeness (QED) is 0.198. The van der Waals surface area contributed by atoms with Crippen LogP contribution in [-0.4, -0.2) is 35.3 Å². The molecule has 1 aliphatic heterocycles. The molecule has 1 heterocycles. The molecular formula is C22H42O3S. The van der Waals surface area contributed by atoms with E-state index in [4.69, 9.17) is 4.74 Å². The van der Waals surface area contributed by atoms with Gasteiger partial charge in [-0.05, 0) is 31.4 Å². The second kappa shape index (κ2) is 14.8. The molecule has 0 spiro atoms. The summed E-state index contributed by atoms with van der Waals surface area (Å²) in [6.45, 7) is 5.36. The van der Waals surface area contributed by atoms with Crippen molar-refractivity contribution in [3.8, 4) is 0 Å². The molecule has 0 aliphatic carbocycles. The van der Waals surface area contributed by atoms with Gasteiger partial charge in [-0.15, -0.1) is 0 Å². The van der Waals surface area contributed by atoms with Crippen LogP contribution in [0, 0.1) is 5.41 Å². The highest BCUT2D eigenvalue weighted by Gasteiger charge is 2.36. The molecule has 0 saturated carbocycles. The average Bonchev–Trinajstić information content (AvgIpc) is 3.44. The second-order valence-electron chi connectivity index (χ2n) is 8.05. The van der Waals surface area contributed by atoms with E-state index in [1.54, 1.807) is 0 Å². The lowest BCUT2D eigenvalue weighted by Gasteiger charge is -2.30. The van der Waals surface area contributed by atoms with E-state index in [2.05, 4.69) is 13.8 Å². The molecular weight excluding hydrogens is 344 g/mol. The summed E-state index contributed by atoms with van der Waals surface area (Å²) in [5.41, 5.74) is -0.477. The van der Waals surface area contributed by atoms with Crippen molar-refractivity contribution in [3.63, 3.8) is 0 Å². The highest BCUT2D eigenvalue weighted by Crippen LogP contribution is 2.37. The molecule has 1 saturated heterocycles. The predicted octanol–water partition coefficient (Wildman–Crippen LogP) is 6.69. The molecule has 0 radical (unpaired) electrons. The number of ether oxygens (including phenoxy) is 1. The summed E-state index contributed by atoms with van der Waals surface area (Å²) in [5, 5.41) is 10.0. The minimum absolute atomic E-state index is 0.474. The third-order valence-electron chi connectivity index (χ3n) is 5.62. The van der Waals surface area contributed by atoms with Gasteiger partial charge in [0.2, 0.25) is 0 Å². The second-order valence-corrected chi connectivity index (χ2v) is 9.20. The van der Waals surface area contributed by atoms with E-state index >= 15 is 0 Å². The molecule has 1 fully saturated rings. The van der Waals surface area contributed by atoms with Crippen LogP contribution in [0.2, 0.25) is 0 Å². The van der Waals surface area contributed by atoms with Crippen LogP contribution in [0.1, 0.15) is 104 Å². The smallest absolute Gasteiger partial charge is 0.309 e. The summed E-state index contributed by atoms with van der Waals surface area (Å²) in [4.78, 5) is 12.2. The molecule has 1 aliphatic rings. The number of hydrogen-bond donors (Lipinski definition) is 1. The number of carboxylic acid groups (broad SMARTS) is 1. The molecule has 26 heavy (non-hydrogen) atoms. The number of hydrogen-bond acceptors (Lipinski definition) is 3. The van der Waals surface area contributed by atoms with E-state index in [9.17, 15) is 9.90 Å². The fourth-order valence-corrected chi connectivity index (χ4v) is 4.69. The zero-order chi connectivity index (χ0) is 19.1. The Bertz CT molecular complexity index is 357. The average molecular weight is 387 g/mol. The molecule has 154 valence electrons. The van der Waals surface area contributed by atoms with Crippen molar-refractivity contribution >= 4 is 17.7 Å². The molecule has 0 bridgehead atoms. The topological polar surface area (TPSA) is 49.8 Å². The lowest BCUT2D eigenvalue weighted by atomic mass is 9.74. The van der Waals surface area contributed by atoms with Crippen molar-refractivity contribution in [3.05, 3.63) is 0 Å². The highest BCUT2D eigenvalue weighted by atomic mass is 32.2. The first kappa shape index (κ1) is 23.8. The highest BCUT2D eigenvalue weighted by molar-refractivity contribution is 7.99. The molecule has 0 aromatic rings. The van der Waals surface area contributed by atoms with Crippen LogP contribution in [0.4, 0.5) is 0 Å². The molecule has 0 aromatic heterocycles. The summed E-state index contributed by atoms with van der Waals surface area (Å²) in [5.74, 6) is 1.60. The SMILES string of the molecule is CCCCCCCCC(CCCCCC)(CCCSCC1CO1)C(=O)O. The first-order chi connectivity index (χ1) is 12.6. The molecule has 1 rings (SSSR count). The lowest BCUT2D eigenvalue weighted by molar-refractivity contribution is -0.150. The number of rotatable bonds is 19. The van der Waals surface area contributed by atoms with Gasteiger partial charge in [-0.3, -0.25) is 4.79 Å². The van der Waals surface area contributed by atoms with Crippen LogP contribution >= 0.6 is 11.8 Å². The Hall–Kier alpha value is -0.220. The predicted molar refractivity (Wildman–Crippen MR) is 113 cm³/mol. The summed E-state index contributed by atoms with van der Waals surface area (Å²) < 4.78 is 5.25. The maximum Gasteiger partial charge on any atom is 0.309 e. The normalized spacial score (nSPS) is 18.6. The van der Waals surface area contributed by atoms with Crippen LogP contribution in [0.15, 0.2) is 0 Å². The molecule has 0 aromatic carbocycles. The van der Waals surface area contributed by atoms with Gasteiger partial charge < -0.3 is 9.84 Å². The maximum absolute atomic E-state index is 12.2. The van der Waals surface area contributed by atoms with Gasteiger partial charge in [0.15, 0.2) is 0 Å². The monoisotopic (exact) mass is 386 g/mol. The summed E-state index contributed by atoms with van der Waals surface area (Å²) in [6, 6.07) is 0. The Morgan fingerprint density at radius 2 is 1.42 bits per heavy atom. The Balaban J connectivity index is 2.40. The maximum atomic E-state index is 12.2. The van der Waals surface area contributed by atoms with Crippen molar-refractivity contribution in [1.82, 2.24) is 0 Å². The van der Waals surface area contributed by atoms with Crippen molar-refractivity contribution in [2.75, 3.05) is 18.1 Å². The number of thioether (sulfide) groups is 1.